The van der Waals surface area contributed by atoms with Crippen LogP contribution in [0.5, 0.6) is 0 Å². The second kappa shape index (κ2) is 25.8. The maximum Gasteiger partial charge on any atom is 2.00 e. The summed E-state index contributed by atoms with van der Waals surface area (Å²) in [6.07, 6.45) is 3.38. The molecule has 160 valence electrons. The Hall–Kier alpha value is -1.21. The predicted octanol–water partition coefficient (Wildman–Crippen LogP) is 0.381. The summed E-state index contributed by atoms with van der Waals surface area (Å²) < 4.78 is 4.99. The molecule has 0 amide bonds. The van der Waals surface area contributed by atoms with E-state index in [4.69, 9.17) is 4.74 Å². The number of carboxylic acids is 2. The molecule has 0 atom stereocenters. The monoisotopic (exact) mass is 478 g/mol. The molecule has 0 bridgehead atoms. The molecule has 0 aromatic carbocycles. The number of carbonyl (C=O) groups excluding carboxylic acids is 5. The number of ether oxygens (including phenoxy) is 1. The van der Waals surface area contributed by atoms with Gasteiger partial charge < -0.3 is 24.5 Å². The van der Waals surface area contributed by atoms with Gasteiger partial charge in [-0.3, -0.25) is 14.4 Å². The van der Waals surface area contributed by atoms with Gasteiger partial charge in [-0.15, -0.1) is 0 Å². The number of aliphatic carboxylic acids is 2. The molecular weight excluding hydrogens is 447 g/mol. The number of carbonyl (C=O) groups is 5. The molecule has 0 aromatic rings. The van der Waals surface area contributed by atoms with Crippen molar-refractivity contribution in [1.82, 2.24) is 0 Å². The van der Waals surface area contributed by atoms with Crippen molar-refractivity contribution in [2.45, 2.75) is 79.1 Å². The van der Waals surface area contributed by atoms with Crippen LogP contribution in [0.4, 0.5) is 0 Å². The second-order valence-electron chi connectivity index (χ2n) is 5.78. The van der Waals surface area contributed by atoms with Gasteiger partial charge in [0.1, 0.15) is 18.2 Å². The zero-order valence-corrected chi connectivity index (χ0v) is 19.8. The summed E-state index contributed by atoms with van der Waals surface area (Å²) in [4.78, 5) is 50.7. The van der Waals surface area contributed by atoms with Crippen molar-refractivity contribution in [3.05, 3.63) is 0 Å². The first-order chi connectivity index (χ1) is 12.6. The predicted molar refractivity (Wildman–Crippen MR) is 95.5 cm³/mol. The van der Waals surface area contributed by atoms with Crippen molar-refractivity contribution in [1.29, 1.82) is 0 Å². The van der Waals surface area contributed by atoms with Crippen molar-refractivity contribution >= 4 is 29.3 Å². The molecule has 0 aliphatic heterocycles. The van der Waals surface area contributed by atoms with Crippen molar-refractivity contribution in [3.8, 4) is 0 Å². The molecule has 0 saturated carbocycles. The third kappa shape index (κ3) is 39.7. The quantitative estimate of drug-likeness (QED) is 0.273. The Kier molecular flexibility index (Phi) is 31.6. The maximum absolute atomic E-state index is 10.4. The number of hydrogen-bond acceptors (Lipinski definition) is 8. The van der Waals surface area contributed by atoms with Gasteiger partial charge in [-0.2, -0.15) is 0 Å². The number of carboxylic acid groups (broad SMARTS) is 2. The van der Waals surface area contributed by atoms with E-state index < -0.39 is 24.8 Å². The fraction of sp³-hybridized carbons (Fsp3) is 0.737. The molecule has 0 heterocycles. The molecule has 0 unspecified atom stereocenters. The number of hydrogen-bond donors (Lipinski definition) is 0. The fourth-order valence-corrected chi connectivity index (χ4v) is 1.52. The first-order valence-electron chi connectivity index (χ1n) is 9.10. The minimum atomic E-state index is -1.28. The van der Waals surface area contributed by atoms with E-state index in [1.54, 1.807) is 0 Å². The van der Waals surface area contributed by atoms with Gasteiger partial charge in [0.25, 0.3) is 0 Å². The zero-order chi connectivity index (χ0) is 21.7. The van der Waals surface area contributed by atoms with Crippen LogP contribution in [0.3, 0.4) is 0 Å². The molecule has 0 N–H and O–H groups in total. The minimum Gasteiger partial charge on any atom is -0.550 e. The number of unbranched alkanes of at least 4 members (excludes halogenated alkanes) is 1. The summed E-state index contributed by atoms with van der Waals surface area (Å²) in [6, 6.07) is 0. The largest absolute Gasteiger partial charge is 2.00 e. The van der Waals surface area contributed by atoms with Crippen molar-refractivity contribution < 1.29 is 65.1 Å². The first kappa shape index (κ1) is 34.3. The molecule has 0 fully saturated rings. The van der Waals surface area contributed by atoms with E-state index >= 15 is 0 Å². The Balaban J connectivity index is -0.000000152. The van der Waals surface area contributed by atoms with Crippen LogP contribution in [0.2, 0.25) is 0 Å². The molecule has 28 heavy (non-hydrogen) atoms. The summed E-state index contributed by atoms with van der Waals surface area (Å²) in [5.41, 5.74) is 0. The zero-order valence-electron chi connectivity index (χ0n) is 17.3. The van der Waals surface area contributed by atoms with Gasteiger partial charge in [-0.25, -0.2) is 0 Å². The van der Waals surface area contributed by atoms with Crippen molar-refractivity contribution in [3.63, 3.8) is 0 Å². The summed E-state index contributed by atoms with van der Waals surface area (Å²) in [5.74, 6) is -2.97. The second-order valence-corrected chi connectivity index (χ2v) is 5.78. The average Bonchev–Trinajstić information content (AvgIpc) is 2.51. The molecule has 0 aliphatic rings. The normalized spacial score (nSPS) is 8.86. The van der Waals surface area contributed by atoms with E-state index in [0.717, 1.165) is 19.4 Å². The average molecular weight is 480 g/mol. The van der Waals surface area contributed by atoms with Crippen molar-refractivity contribution in [2.24, 2.45) is 0 Å². The van der Waals surface area contributed by atoms with Crippen LogP contribution < -0.4 is 10.2 Å². The molecule has 0 radical (unpaired) electrons. The third-order valence-corrected chi connectivity index (χ3v) is 2.69. The van der Waals surface area contributed by atoms with Gasteiger partial charge in [-0.1, -0.05) is 27.2 Å². The van der Waals surface area contributed by atoms with Gasteiger partial charge in [0.05, 0.1) is 0 Å². The maximum atomic E-state index is 10.4. The van der Waals surface area contributed by atoms with Gasteiger partial charge in [0.15, 0.2) is 5.78 Å². The third-order valence-electron chi connectivity index (χ3n) is 2.69. The summed E-state index contributed by atoms with van der Waals surface area (Å²) in [7, 11) is 0. The van der Waals surface area contributed by atoms with Crippen LogP contribution in [0.1, 0.15) is 79.1 Å². The van der Waals surface area contributed by atoms with E-state index in [9.17, 15) is 34.2 Å². The Morgan fingerprint density at radius 1 is 0.750 bits per heavy atom. The Morgan fingerprint density at radius 3 is 1.39 bits per heavy atom. The van der Waals surface area contributed by atoms with Gasteiger partial charge in [-0.05, 0) is 26.2 Å². The molecular formula is C19H32O8Zr. The number of Topliss-reactive ketones (excluding diaryl/α,β-unsaturated/α-hetero) is 3. The summed E-state index contributed by atoms with van der Waals surface area (Å²) in [6.45, 7) is 8.28. The number of rotatable bonds is 13. The first-order valence-corrected chi connectivity index (χ1v) is 9.10. The Morgan fingerprint density at radius 2 is 1.14 bits per heavy atom. The van der Waals surface area contributed by atoms with E-state index in [-0.39, 0.29) is 50.2 Å². The van der Waals surface area contributed by atoms with E-state index in [0.29, 0.717) is 25.7 Å². The van der Waals surface area contributed by atoms with E-state index in [1.807, 2.05) is 13.8 Å². The number of ketones is 3. The Bertz CT molecular complexity index is 419. The van der Waals surface area contributed by atoms with Crippen LogP contribution in [0.25, 0.3) is 0 Å². The SMILES string of the molecule is CCCC(=O)CC(=O)[O-].CCCC(=O)CC(=O)[O-].CCCCOCC(C)=O.[Zr+2]. The molecule has 0 saturated heterocycles. The van der Waals surface area contributed by atoms with Gasteiger partial charge in [0, 0.05) is 44.2 Å². The van der Waals surface area contributed by atoms with Crippen LogP contribution in [0, 0.1) is 0 Å². The van der Waals surface area contributed by atoms with Gasteiger partial charge >= 0.3 is 26.2 Å². The topological polar surface area (TPSA) is 141 Å². The summed E-state index contributed by atoms with van der Waals surface area (Å²) in [5, 5.41) is 19.5. The fourth-order valence-electron chi connectivity index (χ4n) is 1.52. The van der Waals surface area contributed by atoms with Crippen LogP contribution in [0.15, 0.2) is 0 Å². The van der Waals surface area contributed by atoms with Crippen LogP contribution in [-0.4, -0.2) is 42.5 Å². The van der Waals surface area contributed by atoms with E-state index in [1.165, 1.54) is 6.92 Å². The molecule has 0 aromatic heterocycles. The summed E-state index contributed by atoms with van der Waals surface area (Å²) >= 11 is 0. The van der Waals surface area contributed by atoms with E-state index in [2.05, 4.69) is 6.92 Å². The van der Waals surface area contributed by atoms with Crippen LogP contribution >= 0.6 is 0 Å². The Labute approximate surface area is 186 Å². The molecule has 0 aliphatic carbocycles. The van der Waals surface area contributed by atoms with Crippen molar-refractivity contribution in [2.75, 3.05) is 13.2 Å². The standard InChI is InChI=1S/C7H14O2.2C6H10O3.Zr/c1-3-4-5-9-6-7(2)8;2*1-2-3-5(7)4-6(8)9;/h3-6H2,1-2H3;2*2-4H2,1H3,(H,8,9);/q;;;+2/p-2. The van der Waals surface area contributed by atoms with Crippen LogP contribution in [-0.2, 0) is 54.9 Å². The molecule has 8 nitrogen and oxygen atoms in total. The minimum absolute atomic E-state index is 0. The molecule has 0 spiro atoms. The smallest absolute Gasteiger partial charge is 0.550 e. The molecule has 9 heteroatoms. The van der Waals surface area contributed by atoms with Gasteiger partial charge in [0.2, 0.25) is 0 Å². The molecule has 0 rings (SSSR count).